The van der Waals surface area contributed by atoms with Gasteiger partial charge in [0, 0.05) is 18.8 Å². The minimum absolute atomic E-state index is 0.0121. The van der Waals surface area contributed by atoms with E-state index >= 15 is 0 Å². The van der Waals surface area contributed by atoms with Crippen LogP contribution in [0, 0.1) is 5.92 Å². The Bertz CT molecular complexity index is 808. The van der Waals surface area contributed by atoms with Gasteiger partial charge in [0.15, 0.2) is 0 Å². The van der Waals surface area contributed by atoms with Crippen molar-refractivity contribution in [3.63, 3.8) is 0 Å². The van der Waals surface area contributed by atoms with Crippen molar-refractivity contribution >= 4 is 11.6 Å². The number of piperidine rings is 1. The number of hydrogen-bond donors (Lipinski definition) is 1. The van der Waals surface area contributed by atoms with Gasteiger partial charge in [0.1, 0.15) is 0 Å². The third-order valence-corrected chi connectivity index (χ3v) is 6.98. The molecule has 1 saturated carbocycles. The number of anilines is 1. The van der Waals surface area contributed by atoms with E-state index in [2.05, 4.69) is 60.5 Å². The molecule has 0 unspecified atom stereocenters. The van der Waals surface area contributed by atoms with Crippen LogP contribution >= 0.6 is 0 Å². The molecule has 1 aliphatic heterocycles. The fourth-order valence-corrected chi connectivity index (χ4v) is 5.20. The van der Waals surface area contributed by atoms with E-state index in [1.165, 1.54) is 24.1 Å². The Labute approximate surface area is 175 Å². The first-order valence-corrected chi connectivity index (χ1v) is 11.3. The summed E-state index contributed by atoms with van der Waals surface area (Å²) in [5, 5.41) is 3.33. The predicted molar refractivity (Wildman–Crippen MR) is 120 cm³/mol. The van der Waals surface area contributed by atoms with E-state index < -0.39 is 0 Å². The van der Waals surface area contributed by atoms with Crippen LogP contribution in [0.15, 0.2) is 54.6 Å². The highest BCUT2D eigenvalue weighted by molar-refractivity contribution is 5.89. The van der Waals surface area contributed by atoms with Crippen LogP contribution in [0.4, 0.5) is 5.69 Å². The van der Waals surface area contributed by atoms with Crippen LogP contribution in [-0.4, -0.2) is 19.0 Å². The van der Waals surface area contributed by atoms with E-state index in [9.17, 15) is 4.79 Å². The molecule has 1 amide bonds. The summed E-state index contributed by atoms with van der Waals surface area (Å²) < 4.78 is 0. The van der Waals surface area contributed by atoms with Crippen LogP contribution in [0.5, 0.6) is 0 Å². The molecule has 0 bridgehead atoms. The lowest BCUT2D eigenvalue weighted by Crippen LogP contribution is -2.43. The van der Waals surface area contributed by atoms with Crippen LogP contribution in [0.25, 0.3) is 0 Å². The summed E-state index contributed by atoms with van der Waals surface area (Å²) in [4.78, 5) is 15.9. The summed E-state index contributed by atoms with van der Waals surface area (Å²) in [6, 6.07) is 19.2. The minimum Gasteiger partial charge on any atom is -0.371 e. The van der Waals surface area contributed by atoms with Crippen molar-refractivity contribution in [3.8, 4) is 0 Å². The van der Waals surface area contributed by atoms with Crippen LogP contribution in [0.3, 0.4) is 0 Å². The normalized spacial score (nSPS) is 22.3. The van der Waals surface area contributed by atoms with Crippen molar-refractivity contribution in [1.82, 2.24) is 5.32 Å². The van der Waals surface area contributed by atoms with E-state index in [4.69, 9.17) is 0 Å². The van der Waals surface area contributed by atoms with Crippen LogP contribution < -0.4 is 10.2 Å². The van der Waals surface area contributed by atoms with Gasteiger partial charge in [0.05, 0.1) is 11.5 Å². The van der Waals surface area contributed by atoms with Gasteiger partial charge < -0.3 is 10.2 Å². The molecule has 1 saturated heterocycles. The zero-order chi connectivity index (χ0) is 20.3. The highest BCUT2D eigenvalue weighted by Gasteiger charge is 2.42. The Morgan fingerprint density at radius 3 is 2.38 bits per heavy atom. The van der Waals surface area contributed by atoms with Crippen LogP contribution in [-0.2, 0) is 10.2 Å². The van der Waals surface area contributed by atoms with E-state index in [0.717, 1.165) is 50.3 Å². The fraction of sp³-hybridized carbons (Fsp3) is 0.500. The largest absolute Gasteiger partial charge is 0.371 e. The molecular weight excluding hydrogens is 356 g/mol. The standard InChI is InChI=1S/C26H34N2O/c1-20-9-8-18-28(19-20)24-14-12-22(13-15-24)21(2)27-25(29)26(16-6-7-17-26)23-10-4-3-5-11-23/h3-5,10-15,20-21H,6-9,16-19H2,1-2H3,(H,27,29)/t20-,21+/m0/s1. The molecule has 1 aliphatic carbocycles. The van der Waals surface area contributed by atoms with Gasteiger partial charge in [-0.05, 0) is 61.8 Å². The Hall–Kier alpha value is -2.29. The highest BCUT2D eigenvalue weighted by atomic mass is 16.2. The molecule has 0 aromatic heterocycles. The SMILES string of the molecule is C[C@H]1CCCN(c2ccc([C@@H](C)NC(=O)C3(c4ccccc4)CCCC3)cc2)C1. The fourth-order valence-electron chi connectivity index (χ4n) is 5.20. The van der Waals surface area contributed by atoms with Crippen LogP contribution in [0.1, 0.15) is 69.5 Å². The molecule has 1 heterocycles. The monoisotopic (exact) mass is 390 g/mol. The maximum Gasteiger partial charge on any atom is 0.231 e. The molecule has 4 rings (SSSR count). The second kappa shape index (κ2) is 8.61. The van der Waals surface area contributed by atoms with Crippen molar-refractivity contribution in [2.45, 2.75) is 63.8 Å². The van der Waals surface area contributed by atoms with Gasteiger partial charge in [0.2, 0.25) is 5.91 Å². The van der Waals surface area contributed by atoms with Crippen molar-refractivity contribution in [3.05, 3.63) is 65.7 Å². The number of amides is 1. The molecule has 2 atom stereocenters. The summed E-state index contributed by atoms with van der Waals surface area (Å²) in [5.41, 5.74) is 3.28. The molecular formula is C26H34N2O. The maximum atomic E-state index is 13.4. The molecule has 0 spiro atoms. The predicted octanol–water partition coefficient (Wildman–Crippen LogP) is 5.61. The molecule has 29 heavy (non-hydrogen) atoms. The average Bonchev–Trinajstić information content (AvgIpc) is 3.26. The van der Waals surface area contributed by atoms with Gasteiger partial charge in [-0.3, -0.25) is 4.79 Å². The van der Waals surface area contributed by atoms with E-state index in [1.54, 1.807) is 0 Å². The van der Waals surface area contributed by atoms with Gasteiger partial charge in [-0.15, -0.1) is 0 Å². The van der Waals surface area contributed by atoms with Gasteiger partial charge >= 0.3 is 0 Å². The molecule has 1 N–H and O–H groups in total. The van der Waals surface area contributed by atoms with Gasteiger partial charge in [0.25, 0.3) is 0 Å². The summed E-state index contributed by atoms with van der Waals surface area (Å²) in [7, 11) is 0. The molecule has 3 heteroatoms. The molecule has 2 aliphatic rings. The number of hydrogen-bond acceptors (Lipinski definition) is 2. The number of benzene rings is 2. The van der Waals surface area contributed by atoms with Gasteiger partial charge in [-0.25, -0.2) is 0 Å². The molecule has 0 radical (unpaired) electrons. The zero-order valence-electron chi connectivity index (χ0n) is 17.9. The van der Waals surface area contributed by atoms with Gasteiger partial charge in [-0.1, -0.05) is 62.2 Å². The second-order valence-corrected chi connectivity index (χ2v) is 9.14. The zero-order valence-corrected chi connectivity index (χ0v) is 17.9. The Balaban J connectivity index is 1.45. The third-order valence-electron chi connectivity index (χ3n) is 6.98. The Morgan fingerprint density at radius 2 is 1.72 bits per heavy atom. The molecule has 2 aromatic rings. The first-order chi connectivity index (χ1) is 14.1. The number of rotatable bonds is 5. The van der Waals surface area contributed by atoms with Crippen molar-refractivity contribution in [1.29, 1.82) is 0 Å². The number of nitrogens with one attached hydrogen (secondary N) is 1. The Morgan fingerprint density at radius 1 is 1.03 bits per heavy atom. The average molecular weight is 391 g/mol. The minimum atomic E-state index is -0.362. The van der Waals surface area contributed by atoms with E-state index in [-0.39, 0.29) is 17.4 Å². The molecule has 154 valence electrons. The lowest BCUT2D eigenvalue weighted by Gasteiger charge is -2.33. The first-order valence-electron chi connectivity index (χ1n) is 11.3. The number of nitrogens with zero attached hydrogens (tertiary/aromatic N) is 1. The summed E-state index contributed by atoms with van der Waals surface area (Å²) in [6.07, 6.45) is 6.75. The van der Waals surface area contributed by atoms with E-state index in [0.29, 0.717) is 0 Å². The summed E-state index contributed by atoms with van der Waals surface area (Å²) in [6.45, 7) is 6.73. The van der Waals surface area contributed by atoms with Crippen molar-refractivity contribution in [2.75, 3.05) is 18.0 Å². The lowest BCUT2D eigenvalue weighted by molar-refractivity contribution is -0.127. The lowest BCUT2D eigenvalue weighted by atomic mass is 9.77. The number of carbonyl (C=O) groups is 1. The highest BCUT2D eigenvalue weighted by Crippen LogP contribution is 2.41. The van der Waals surface area contributed by atoms with Crippen LogP contribution in [0.2, 0.25) is 0 Å². The van der Waals surface area contributed by atoms with Crippen molar-refractivity contribution < 1.29 is 4.79 Å². The summed E-state index contributed by atoms with van der Waals surface area (Å²) >= 11 is 0. The Kier molecular flexibility index (Phi) is 5.94. The summed E-state index contributed by atoms with van der Waals surface area (Å²) in [5.74, 6) is 0.949. The molecule has 2 aromatic carbocycles. The first kappa shape index (κ1) is 20.0. The third kappa shape index (κ3) is 4.19. The quantitative estimate of drug-likeness (QED) is 0.719. The second-order valence-electron chi connectivity index (χ2n) is 9.14. The molecule has 2 fully saturated rings. The number of carbonyl (C=O) groups excluding carboxylic acids is 1. The molecule has 3 nitrogen and oxygen atoms in total. The topological polar surface area (TPSA) is 32.3 Å². The van der Waals surface area contributed by atoms with E-state index in [1.807, 2.05) is 18.2 Å². The smallest absolute Gasteiger partial charge is 0.231 e. The maximum absolute atomic E-state index is 13.4. The van der Waals surface area contributed by atoms with Crippen molar-refractivity contribution in [2.24, 2.45) is 5.92 Å². The van der Waals surface area contributed by atoms with Gasteiger partial charge in [-0.2, -0.15) is 0 Å².